The van der Waals surface area contributed by atoms with E-state index in [1.54, 1.807) is 18.2 Å². The number of benzene rings is 2. The maximum absolute atomic E-state index is 13.1. The van der Waals surface area contributed by atoms with Gasteiger partial charge in [0.15, 0.2) is 0 Å². The van der Waals surface area contributed by atoms with Crippen LogP contribution in [-0.4, -0.2) is 72.6 Å². The molecule has 4 rings (SSSR count). The first-order chi connectivity index (χ1) is 17.2. The summed E-state index contributed by atoms with van der Waals surface area (Å²) in [5.74, 6) is -0.732. The zero-order chi connectivity index (χ0) is 25.7. The number of rotatable bonds is 7. The van der Waals surface area contributed by atoms with Crippen LogP contribution in [0.3, 0.4) is 0 Å². The Morgan fingerprint density at radius 1 is 0.917 bits per heavy atom. The Kier molecular flexibility index (Phi) is 8.18. The number of anilines is 1. The Labute approximate surface area is 209 Å². The van der Waals surface area contributed by atoms with Crippen LogP contribution in [0.15, 0.2) is 54.6 Å². The van der Waals surface area contributed by atoms with Crippen molar-refractivity contribution >= 4 is 17.6 Å². The Hall–Kier alpha value is -3.07. The molecule has 1 N–H and O–H groups in total. The van der Waals surface area contributed by atoms with Crippen molar-refractivity contribution in [2.45, 2.75) is 25.4 Å². The number of carbonyl (C=O) groups is 2. The molecule has 2 saturated heterocycles. The van der Waals surface area contributed by atoms with Crippen LogP contribution in [0.2, 0.25) is 0 Å². The van der Waals surface area contributed by atoms with Crippen LogP contribution < -0.4 is 4.90 Å². The first-order valence-electron chi connectivity index (χ1n) is 12.4. The van der Waals surface area contributed by atoms with E-state index in [4.69, 9.17) is 0 Å². The minimum atomic E-state index is -4.36. The first-order valence-corrected chi connectivity index (χ1v) is 12.4. The molecule has 2 atom stereocenters. The Morgan fingerprint density at radius 3 is 2.31 bits per heavy atom. The van der Waals surface area contributed by atoms with E-state index in [1.165, 1.54) is 12.1 Å². The van der Waals surface area contributed by atoms with Gasteiger partial charge in [0, 0.05) is 56.9 Å². The molecule has 0 aliphatic carbocycles. The number of halogens is 3. The fraction of sp³-hybridized carbons (Fsp3) is 0.481. The van der Waals surface area contributed by atoms with Crippen LogP contribution in [0.4, 0.5) is 18.9 Å². The second-order valence-electron chi connectivity index (χ2n) is 9.69. The summed E-state index contributed by atoms with van der Waals surface area (Å²) < 4.78 is 39.2. The number of amides is 1. The minimum Gasteiger partial charge on any atom is -0.481 e. The van der Waals surface area contributed by atoms with Crippen LogP contribution >= 0.6 is 0 Å². The van der Waals surface area contributed by atoms with Gasteiger partial charge in [-0.2, -0.15) is 13.2 Å². The number of piperazine rings is 1. The van der Waals surface area contributed by atoms with Gasteiger partial charge in [-0.3, -0.25) is 14.5 Å². The first kappa shape index (κ1) is 26.0. The van der Waals surface area contributed by atoms with Crippen LogP contribution in [0.5, 0.6) is 0 Å². The minimum absolute atomic E-state index is 0.0220. The van der Waals surface area contributed by atoms with Crippen LogP contribution in [0, 0.1) is 11.8 Å². The molecule has 2 aliphatic rings. The number of carboxylic acids is 1. The molecule has 194 valence electrons. The summed E-state index contributed by atoms with van der Waals surface area (Å²) in [6.45, 7) is 4.56. The molecule has 9 heteroatoms. The van der Waals surface area contributed by atoms with Gasteiger partial charge in [0.05, 0.1) is 5.56 Å². The molecule has 2 aromatic carbocycles. The van der Waals surface area contributed by atoms with E-state index < -0.39 is 17.7 Å². The van der Waals surface area contributed by atoms with Gasteiger partial charge in [-0.25, -0.2) is 0 Å². The molecule has 0 bridgehead atoms. The number of hydrogen-bond donors (Lipinski definition) is 1. The maximum Gasteiger partial charge on any atom is 0.416 e. The summed E-state index contributed by atoms with van der Waals surface area (Å²) in [4.78, 5) is 30.5. The number of alkyl halides is 3. The van der Waals surface area contributed by atoms with Gasteiger partial charge in [-0.05, 0) is 61.6 Å². The highest BCUT2D eigenvalue weighted by Crippen LogP contribution is 2.33. The summed E-state index contributed by atoms with van der Waals surface area (Å²) in [5, 5.41) is 9.39. The number of carbonyl (C=O) groups excluding carboxylic acids is 1. The number of piperidine rings is 1. The number of nitrogens with zero attached hydrogens (tertiary/aromatic N) is 3. The molecule has 0 saturated carbocycles. The van der Waals surface area contributed by atoms with Crippen LogP contribution in [-0.2, 0) is 11.0 Å². The fourth-order valence-corrected chi connectivity index (χ4v) is 5.31. The highest BCUT2D eigenvalue weighted by atomic mass is 19.4. The maximum atomic E-state index is 13.1. The van der Waals surface area contributed by atoms with Crippen molar-refractivity contribution in [3.63, 3.8) is 0 Å². The second-order valence-corrected chi connectivity index (χ2v) is 9.69. The van der Waals surface area contributed by atoms with Gasteiger partial charge in [-0.1, -0.05) is 24.3 Å². The molecular formula is C27H32F3N3O3. The molecule has 2 heterocycles. The van der Waals surface area contributed by atoms with Gasteiger partial charge < -0.3 is 14.9 Å². The molecule has 1 amide bonds. The molecule has 2 unspecified atom stereocenters. The fourth-order valence-electron chi connectivity index (χ4n) is 5.31. The molecule has 2 aromatic rings. The largest absolute Gasteiger partial charge is 0.481 e. The van der Waals surface area contributed by atoms with Crippen molar-refractivity contribution in [3.8, 4) is 0 Å². The normalized spacial score (nSPS) is 21.4. The quantitative estimate of drug-likeness (QED) is 0.604. The molecule has 2 fully saturated rings. The monoisotopic (exact) mass is 503 g/mol. The third-order valence-corrected chi connectivity index (χ3v) is 7.36. The van der Waals surface area contributed by atoms with Gasteiger partial charge in [0.25, 0.3) is 5.91 Å². The third kappa shape index (κ3) is 6.57. The van der Waals surface area contributed by atoms with Crippen molar-refractivity contribution in [1.29, 1.82) is 0 Å². The van der Waals surface area contributed by atoms with Crippen molar-refractivity contribution in [1.82, 2.24) is 9.80 Å². The molecule has 0 aromatic heterocycles. The third-order valence-electron chi connectivity index (χ3n) is 7.36. The van der Waals surface area contributed by atoms with E-state index in [1.807, 2.05) is 28.0 Å². The van der Waals surface area contributed by atoms with Crippen molar-refractivity contribution in [2.75, 3.05) is 50.7 Å². The van der Waals surface area contributed by atoms with Crippen molar-refractivity contribution in [3.05, 3.63) is 65.7 Å². The molecule has 0 radical (unpaired) electrons. The lowest BCUT2D eigenvalue weighted by atomic mass is 9.81. The number of aliphatic carboxylic acids is 1. The SMILES string of the molecule is O=C(O)CC1CCN(C(=O)c2ccccc2)CC1CCN1CCN(c2cccc(C(F)(F)F)c2)CC1. The van der Waals surface area contributed by atoms with Gasteiger partial charge in [0.1, 0.15) is 0 Å². The van der Waals surface area contributed by atoms with Crippen LogP contribution in [0.1, 0.15) is 35.2 Å². The summed E-state index contributed by atoms with van der Waals surface area (Å²) in [6, 6.07) is 14.6. The van der Waals surface area contributed by atoms with Crippen LogP contribution in [0.25, 0.3) is 0 Å². The zero-order valence-corrected chi connectivity index (χ0v) is 20.2. The number of hydrogen-bond acceptors (Lipinski definition) is 4. The zero-order valence-electron chi connectivity index (χ0n) is 20.2. The average Bonchev–Trinajstić information content (AvgIpc) is 2.88. The molecule has 36 heavy (non-hydrogen) atoms. The highest BCUT2D eigenvalue weighted by Gasteiger charge is 2.34. The van der Waals surface area contributed by atoms with E-state index in [-0.39, 0.29) is 24.2 Å². The number of carboxylic acid groups (broad SMARTS) is 1. The average molecular weight is 504 g/mol. The van der Waals surface area contributed by atoms with Gasteiger partial charge in [0.2, 0.25) is 0 Å². The topological polar surface area (TPSA) is 64.1 Å². The summed E-state index contributed by atoms with van der Waals surface area (Å²) >= 11 is 0. The smallest absolute Gasteiger partial charge is 0.416 e. The predicted octanol–water partition coefficient (Wildman–Crippen LogP) is 4.47. The van der Waals surface area contributed by atoms with E-state index in [0.29, 0.717) is 43.9 Å². The lowest BCUT2D eigenvalue weighted by Gasteiger charge is -2.40. The van der Waals surface area contributed by atoms with Gasteiger partial charge >= 0.3 is 12.1 Å². The summed E-state index contributed by atoms with van der Waals surface area (Å²) in [6.07, 6.45) is -2.82. The van der Waals surface area contributed by atoms with Crippen molar-refractivity contribution < 1.29 is 27.9 Å². The van der Waals surface area contributed by atoms with Gasteiger partial charge in [-0.15, -0.1) is 0 Å². The highest BCUT2D eigenvalue weighted by molar-refractivity contribution is 5.94. The Bertz CT molecular complexity index is 1040. The lowest BCUT2D eigenvalue weighted by molar-refractivity contribution is -0.139. The molecule has 0 spiro atoms. The van der Waals surface area contributed by atoms with E-state index in [0.717, 1.165) is 32.1 Å². The molecular weight excluding hydrogens is 471 g/mol. The van der Waals surface area contributed by atoms with E-state index in [9.17, 15) is 27.9 Å². The van der Waals surface area contributed by atoms with E-state index in [2.05, 4.69) is 4.90 Å². The second kappa shape index (κ2) is 11.3. The van der Waals surface area contributed by atoms with E-state index >= 15 is 0 Å². The summed E-state index contributed by atoms with van der Waals surface area (Å²) in [7, 11) is 0. The Morgan fingerprint density at radius 2 is 1.64 bits per heavy atom. The molecule has 2 aliphatic heterocycles. The lowest BCUT2D eigenvalue weighted by Crippen LogP contribution is -2.48. The number of likely N-dealkylation sites (tertiary alicyclic amines) is 1. The Balaban J connectivity index is 1.33. The standard InChI is InChI=1S/C27H32F3N3O3/c28-27(29,30)23-7-4-8-24(18-23)32-15-13-31(14-16-32)11-9-22-19-33(12-10-21(22)17-25(34)35)26(36)20-5-2-1-3-6-20/h1-8,18,21-22H,9-17,19H2,(H,34,35). The predicted molar refractivity (Wildman–Crippen MR) is 131 cm³/mol. The molecule has 6 nitrogen and oxygen atoms in total. The van der Waals surface area contributed by atoms with Crippen molar-refractivity contribution in [2.24, 2.45) is 11.8 Å². The summed E-state index contributed by atoms with van der Waals surface area (Å²) in [5.41, 5.74) is 0.575.